The second-order valence-electron chi connectivity index (χ2n) is 6.93. The second-order valence-corrected chi connectivity index (χ2v) is 6.93. The molecule has 25 heavy (non-hydrogen) atoms. The van der Waals surface area contributed by atoms with Crippen LogP contribution < -0.4 is 5.46 Å². The lowest BCUT2D eigenvalue weighted by Gasteiger charge is -2.37. The lowest BCUT2D eigenvalue weighted by atomic mass is 9.81. The highest BCUT2D eigenvalue weighted by Crippen LogP contribution is 2.25. The topological polar surface area (TPSA) is 66.8 Å². The van der Waals surface area contributed by atoms with Crippen LogP contribution in [0.3, 0.4) is 0 Å². The molecule has 0 amide bonds. The quantitative estimate of drug-likeness (QED) is 0.792. The summed E-state index contributed by atoms with van der Waals surface area (Å²) in [6.07, 6.45) is 0. The van der Waals surface area contributed by atoms with Crippen molar-refractivity contribution in [3.63, 3.8) is 0 Å². The van der Waals surface area contributed by atoms with Gasteiger partial charge in [0.15, 0.2) is 0 Å². The van der Waals surface area contributed by atoms with Gasteiger partial charge in [-0.05, 0) is 62.5 Å². The van der Waals surface area contributed by atoms with Gasteiger partial charge in [0.05, 0.1) is 16.8 Å². The highest BCUT2D eigenvalue weighted by molar-refractivity contribution is 6.47. The van der Waals surface area contributed by atoms with Crippen molar-refractivity contribution in [3.05, 3.63) is 53.8 Å². The second kappa shape index (κ2) is 6.98. The number of carbonyl (C=O) groups is 1. The fourth-order valence-corrected chi connectivity index (χ4v) is 2.00. The lowest BCUT2D eigenvalue weighted by molar-refractivity contribution is -0.0893. The third-order valence-corrected chi connectivity index (χ3v) is 4.39. The number of aliphatic hydroxyl groups is 1. The molecule has 6 heteroatoms. The van der Waals surface area contributed by atoms with Gasteiger partial charge in [0, 0.05) is 0 Å². The predicted molar refractivity (Wildman–Crippen MR) is 95.6 cm³/mol. The van der Waals surface area contributed by atoms with Crippen molar-refractivity contribution in [1.29, 1.82) is 0 Å². The molecule has 2 rings (SSSR count). The summed E-state index contributed by atoms with van der Waals surface area (Å²) in [5.41, 5.74) is -0.328. The third-order valence-electron chi connectivity index (χ3n) is 4.39. The van der Waals surface area contributed by atoms with E-state index in [2.05, 4.69) is 0 Å². The molecule has 0 heterocycles. The summed E-state index contributed by atoms with van der Waals surface area (Å²) in [5, 5.41) is 19.2. The molecule has 0 saturated carbocycles. The van der Waals surface area contributed by atoms with Gasteiger partial charge in [0.1, 0.15) is 5.82 Å². The highest BCUT2D eigenvalue weighted by Gasteiger charge is 2.36. The molecule has 0 bridgehead atoms. The number of carboxylic acids is 1. The van der Waals surface area contributed by atoms with Crippen molar-refractivity contribution in [1.82, 2.24) is 0 Å². The smallest absolute Gasteiger partial charge is 0.335 e. The molecule has 2 aromatic rings. The zero-order chi connectivity index (χ0) is 18.8. The van der Waals surface area contributed by atoms with Crippen LogP contribution >= 0.6 is 0 Å². The summed E-state index contributed by atoms with van der Waals surface area (Å²) in [5.74, 6) is -1.49. The molecule has 0 aliphatic rings. The van der Waals surface area contributed by atoms with Gasteiger partial charge in [-0.15, -0.1) is 0 Å². The SMILES string of the molecule is CC(C)(O)C(C)(C)O[B]c1cc(-c2cccc(C(=O)O)c2)ccc1F. The van der Waals surface area contributed by atoms with Gasteiger partial charge in [0.2, 0.25) is 0 Å². The molecule has 2 N–H and O–H groups in total. The average Bonchev–Trinajstić information content (AvgIpc) is 2.53. The molecule has 2 aromatic carbocycles. The molecule has 0 unspecified atom stereocenters. The molecular formula is C19H21BFO4. The Bertz CT molecular complexity index is 781. The van der Waals surface area contributed by atoms with Crippen molar-refractivity contribution in [2.75, 3.05) is 0 Å². The van der Waals surface area contributed by atoms with Crippen LogP contribution in [0.25, 0.3) is 11.1 Å². The first-order chi connectivity index (χ1) is 11.5. The Morgan fingerprint density at radius 2 is 1.72 bits per heavy atom. The minimum absolute atomic E-state index is 0.159. The molecule has 0 spiro atoms. The van der Waals surface area contributed by atoms with E-state index in [1.807, 2.05) is 0 Å². The minimum Gasteiger partial charge on any atom is -0.478 e. The van der Waals surface area contributed by atoms with Gasteiger partial charge in [-0.3, -0.25) is 0 Å². The van der Waals surface area contributed by atoms with E-state index in [1.54, 1.807) is 52.0 Å². The molecule has 131 valence electrons. The third kappa shape index (κ3) is 4.47. The van der Waals surface area contributed by atoms with Crippen LogP contribution in [-0.4, -0.2) is 34.9 Å². The zero-order valence-electron chi connectivity index (χ0n) is 14.7. The summed E-state index contributed by atoms with van der Waals surface area (Å²) >= 11 is 0. The summed E-state index contributed by atoms with van der Waals surface area (Å²) in [6.45, 7) is 6.65. The Morgan fingerprint density at radius 3 is 2.32 bits per heavy atom. The Kier molecular flexibility index (Phi) is 5.35. The molecule has 0 aliphatic carbocycles. The molecule has 1 radical (unpaired) electrons. The molecule has 0 aliphatic heterocycles. The van der Waals surface area contributed by atoms with Gasteiger partial charge in [0.25, 0.3) is 0 Å². The summed E-state index contributed by atoms with van der Waals surface area (Å²) in [7, 11) is 1.28. The average molecular weight is 343 g/mol. The van der Waals surface area contributed by atoms with E-state index in [0.717, 1.165) is 0 Å². The van der Waals surface area contributed by atoms with E-state index < -0.39 is 23.0 Å². The van der Waals surface area contributed by atoms with E-state index in [9.17, 15) is 14.3 Å². The standard InChI is InChI=1S/C19H21BFO4/c1-18(2,24)19(3,4)25-20-15-11-13(8-9-16(15)21)12-6-5-7-14(10-12)17(22)23/h5-11,24H,1-4H3,(H,22,23). The van der Waals surface area contributed by atoms with Gasteiger partial charge in [-0.2, -0.15) is 0 Å². The van der Waals surface area contributed by atoms with Gasteiger partial charge in [-0.1, -0.05) is 24.3 Å². The number of aromatic carboxylic acids is 1. The Morgan fingerprint density at radius 1 is 1.08 bits per heavy atom. The zero-order valence-corrected chi connectivity index (χ0v) is 14.7. The Balaban J connectivity index is 2.29. The monoisotopic (exact) mass is 343 g/mol. The molecule has 0 aromatic heterocycles. The molecule has 0 fully saturated rings. The van der Waals surface area contributed by atoms with Crippen LogP contribution in [0, 0.1) is 5.82 Å². The van der Waals surface area contributed by atoms with Crippen molar-refractivity contribution < 1.29 is 24.1 Å². The normalized spacial score (nSPS) is 12.1. The van der Waals surface area contributed by atoms with E-state index in [0.29, 0.717) is 11.1 Å². The number of carboxylic acid groups (broad SMARTS) is 1. The van der Waals surface area contributed by atoms with Crippen molar-refractivity contribution >= 4 is 18.9 Å². The van der Waals surface area contributed by atoms with Gasteiger partial charge >= 0.3 is 13.5 Å². The van der Waals surface area contributed by atoms with E-state index >= 15 is 0 Å². The maximum atomic E-state index is 14.1. The van der Waals surface area contributed by atoms with Crippen molar-refractivity contribution in [2.45, 2.75) is 38.9 Å². The number of halogens is 1. The number of benzene rings is 2. The van der Waals surface area contributed by atoms with Crippen LogP contribution in [0.5, 0.6) is 0 Å². The lowest BCUT2D eigenvalue weighted by Crippen LogP contribution is -2.49. The first kappa shape index (κ1) is 19.2. The summed E-state index contributed by atoms with van der Waals surface area (Å²) in [6, 6.07) is 10.9. The maximum absolute atomic E-state index is 14.1. The Hall–Kier alpha value is -2.18. The fourth-order valence-electron chi connectivity index (χ4n) is 2.00. The van der Waals surface area contributed by atoms with Crippen LogP contribution in [0.15, 0.2) is 42.5 Å². The van der Waals surface area contributed by atoms with Crippen LogP contribution in [0.2, 0.25) is 0 Å². The molecule has 0 atom stereocenters. The number of hydrogen-bond donors (Lipinski definition) is 2. The van der Waals surface area contributed by atoms with E-state index in [4.69, 9.17) is 9.76 Å². The largest absolute Gasteiger partial charge is 0.478 e. The van der Waals surface area contributed by atoms with Crippen LogP contribution in [-0.2, 0) is 4.65 Å². The maximum Gasteiger partial charge on any atom is 0.335 e. The first-order valence-corrected chi connectivity index (χ1v) is 7.88. The predicted octanol–water partition coefficient (Wildman–Crippen LogP) is 3.00. The summed E-state index contributed by atoms with van der Waals surface area (Å²) in [4.78, 5) is 11.1. The van der Waals surface area contributed by atoms with Crippen molar-refractivity contribution in [2.24, 2.45) is 0 Å². The fraction of sp³-hybridized carbons (Fsp3) is 0.316. The van der Waals surface area contributed by atoms with E-state index in [-0.39, 0.29) is 11.0 Å². The molecular weight excluding hydrogens is 322 g/mol. The molecule has 4 nitrogen and oxygen atoms in total. The van der Waals surface area contributed by atoms with Crippen molar-refractivity contribution in [3.8, 4) is 11.1 Å². The number of hydrogen-bond acceptors (Lipinski definition) is 3. The van der Waals surface area contributed by atoms with Gasteiger partial charge in [-0.25, -0.2) is 9.18 Å². The van der Waals surface area contributed by atoms with E-state index in [1.165, 1.54) is 25.7 Å². The van der Waals surface area contributed by atoms with Crippen LogP contribution in [0.4, 0.5) is 4.39 Å². The highest BCUT2D eigenvalue weighted by atomic mass is 19.1. The minimum atomic E-state index is -1.12. The summed E-state index contributed by atoms with van der Waals surface area (Å²) < 4.78 is 19.7. The molecule has 0 saturated heterocycles. The van der Waals surface area contributed by atoms with Crippen LogP contribution in [0.1, 0.15) is 38.1 Å². The number of rotatable bonds is 6. The first-order valence-electron chi connectivity index (χ1n) is 7.88. The Labute approximate surface area is 147 Å². The van der Waals surface area contributed by atoms with Gasteiger partial charge < -0.3 is 14.9 Å².